The Labute approximate surface area is 288 Å². The lowest BCUT2D eigenvalue weighted by molar-refractivity contribution is -0.137. The van der Waals surface area contributed by atoms with Gasteiger partial charge in [-0.25, -0.2) is 4.39 Å². The molecule has 4 aromatic rings. The number of nitrogens with zero attached hydrogens (tertiary/aromatic N) is 1. The summed E-state index contributed by atoms with van der Waals surface area (Å²) in [5.74, 6) is -3.80. The Morgan fingerprint density at radius 1 is 1.00 bits per heavy atom. The van der Waals surface area contributed by atoms with E-state index in [4.69, 9.17) is 16.3 Å². The number of ether oxygens (including phenoxy) is 1. The largest absolute Gasteiger partial charge is 0.483 e. The van der Waals surface area contributed by atoms with Crippen LogP contribution < -0.4 is 19.8 Å². The summed E-state index contributed by atoms with van der Waals surface area (Å²) in [7, 11) is 0. The summed E-state index contributed by atoms with van der Waals surface area (Å²) in [6, 6.07) is 14.4. The van der Waals surface area contributed by atoms with Gasteiger partial charge in [0.2, 0.25) is 11.8 Å². The number of anilines is 2. The van der Waals surface area contributed by atoms with Crippen LogP contribution in [0.3, 0.4) is 0 Å². The molecule has 2 aliphatic heterocycles. The molecule has 6 unspecified atom stereocenters. The van der Waals surface area contributed by atoms with Crippen molar-refractivity contribution in [3.8, 4) is 5.75 Å². The molecule has 8 rings (SSSR count). The lowest BCUT2D eigenvalue weighted by atomic mass is 9.68. The maximum absolute atomic E-state index is 14.0. The van der Waals surface area contributed by atoms with Crippen molar-refractivity contribution < 1.29 is 36.7 Å². The quantitative estimate of drug-likeness (QED) is 0.165. The third-order valence-electron chi connectivity index (χ3n) is 9.95. The van der Waals surface area contributed by atoms with Crippen LogP contribution in [0, 0.1) is 35.4 Å². The molecule has 3 aromatic carbocycles. The molecule has 7 atom stereocenters. The van der Waals surface area contributed by atoms with E-state index in [9.17, 15) is 36.7 Å². The highest BCUT2D eigenvalue weighted by molar-refractivity contribution is 8.00. The van der Waals surface area contributed by atoms with Gasteiger partial charge in [-0.05, 0) is 84.8 Å². The number of aromatic nitrogens is 1. The van der Waals surface area contributed by atoms with Crippen molar-refractivity contribution >= 4 is 63.8 Å². The number of halogens is 5. The van der Waals surface area contributed by atoms with Gasteiger partial charge in [0, 0.05) is 32.3 Å². The first-order chi connectivity index (χ1) is 23.4. The van der Waals surface area contributed by atoms with Crippen LogP contribution in [0.25, 0.3) is 0 Å². The van der Waals surface area contributed by atoms with Crippen LogP contribution in [-0.4, -0.2) is 34.6 Å². The van der Waals surface area contributed by atoms with E-state index in [0.29, 0.717) is 27.7 Å². The van der Waals surface area contributed by atoms with E-state index in [0.717, 1.165) is 28.3 Å². The normalized spacial score (nSPS) is 26.8. The number of thiazole rings is 1. The number of amides is 3. The average Bonchev–Trinajstić information content (AvgIpc) is 3.79. The van der Waals surface area contributed by atoms with E-state index in [-0.39, 0.29) is 51.1 Å². The van der Waals surface area contributed by atoms with Crippen LogP contribution in [-0.2, 0) is 20.6 Å². The average molecular weight is 730 g/mol. The van der Waals surface area contributed by atoms with E-state index in [1.165, 1.54) is 53.1 Å². The van der Waals surface area contributed by atoms with Crippen molar-refractivity contribution in [2.75, 3.05) is 16.8 Å². The third kappa shape index (κ3) is 5.35. The minimum Gasteiger partial charge on any atom is -0.483 e. The summed E-state index contributed by atoms with van der Waals surface area (Å²) >= 11 is 9.05. The Morgan fingerprint density at radius 3 is 2.47 bits per heavy atom. The second-order valence-electron chi connectivity index (χ2n) is 12.5. The number of carbonyl (C=O) groups is 3. The van der Waals surface area contributed by atoms with Crippen molar-refractivity contribution in [2.45, 2.75) is 28.8 Å². The van der Waals surface area contributed by atoms with Gasteiger partial charge in [0.15, 0.2) is 6.61 Å². The molecule has 15 heteroatoms. The summed E-state index contributed by atoms with van der Waals surface area (Å²) in [6.45, 7) is -0.535. The summed E-state index contributed by atoms with van der Waals surface area (Å²) in [5, 5.41) is 3.32. The number of fused-ring (bicyclic) bond motifs is 9. The Bertz CT molecular complexity index is 2090. The van der Waals surface area contributed by atoms with Crippen molar-refractivity contribution in [1.82, 2.24) is 4.98 Å². The molecule has 49 heavy (non-hydrogen) atoms. The Kier molecular flexibility index (Phi) is 7.68. The monoisotopic (exact) mass is 729 g/mol. The second-order valence-corrected chi connectivity index (χ2v) is 15.2. The maximum Gasteiger partial charge on any atom is 0.416 e. The highest BCUT2D eigenvalue weighted by Crippen LogP contribution is 2.69. The molecule has 8 nitrogen and oxygen atoms in total. The number of alkyl halides is 3. The lowest BCUT2D eigenvalue weighted by Crippen LogP contribution is -2.42. The number of rotatable bonds is 6. The summed E-state index contributed by atoms with van der Waals surface area (Å²) < 4.78 is 59.2. The second kappa shape index (κ2) is 11.7. The summed E-state index contributed by atoms with van der Waals surface area (Å²) in [4.78, 5) is 57.9. The van der Waals surface area contributed by atoms with Gasteiger partial charge in [0.1, 0.15) is 11.6 Å². The first-order valence-corrected chi connectivity index (χ1v) is 17.4. The zero-order valence-corrected chi connectivity index (χ0v) is 27.4. The highest BCUT2D eigenvalue weighted by Gasteiger charge is 2.70. The molecule has 3 amide bonds. The molecular formula is C34H24ClF4N3O5S2. The minimum absolute atomic E-state index is 0.0457. The molecule has 0 radical (unpaired) electrons. The van der Waals surface area contributed by atoms with Gasteiger partial charge in [-0.15, -0.1) is 11.8 Å². The Hall–Kier alpha value is -4.14. The molecule has 252 valence electrons. The van der Waals surface area contributed by atoms with Crippen molar-refractivity contribution in [2.24, 2.45) is 29.6 Å². The van der Waals surface area contributed by atoms with Gasteiger partial charge in [-0.3, -0.25) is 24.1 Å². The number of nitrogens with one attached hydrogen (secondary N) is 2. The number of H-pyrrole nitrogens is 1. The van der Waals surface area contributed by atoms with E-state index < -0.39 is 47.8 Å². The highest BCUT2D eigenvalue weighted by atomic mass is 35.5. The molecule has 1 aromatic heterocycles. The zero-order chi connectivity index (χ0) is 34.4. The number of hydrogen-bond acceptors (Lipinski definition) is 7. The van der Waals surface area contributed by atoms with Crippen molar-refractivity contribution in [1.29, 1.82) is 0 Å². The number of carbonyl (C=O) groups excluding carboxylic acids is 3. The maximum atomic E-state index is 14.0. The fraction of sp³-hybridized carbons (Fsp3) is 0.294. The first-order valence-electron chi connectivity index (χ1n) is 15.3. The molecule has 0 spiro atoms. The minimum atomic E-state index is -4.58. The van der Waals surface area contributed by atoms with Crippen LogP contribution >= 0.6 is 34.7 Å². The summed E-state index contributed by atoms with van der Waals surface area (Å²) in [5.41, 5.74) is -0.0543. The van der Waals surface area contributed by atoms with Gasteiger partial charge in [-0.1, -0.05) is 29.0 Å². The Balaban J connectivity index is 1.11. The standard InChI is InChI=1S/C34H24ClF4N3O5S2/c35-15-4-9-22(47-13-23(43)40-17-3-1-2-14(10-17)34(37,38)39)19(11-15)24-25-20-12-21(28(25)48-30-29(24)49-33(46)41-30)27-26(20)31(44)42(32(27)45)18-7-5-16(36)6-8-18/h1-11,20-21,24-28H,12-13H2,(H,40,43)(H,41,46)/t20?,21?,24-,25?,26?,27?,28?/m1/s1. The van der Waals surface area contributed by atoms with Gasteiger partial charge < -0.3 is 15.0 Å². The van der Waals surface area contributed by atoms with Crippen LogP contribution in [0.4, 0.5) is 28.9 Å². The van der Waals surface area contributed by atoms with E-state index >= 15 is 0 Å². The van der Waals surface area contributed by atoms with Crippen LogP contribution in [0.5, 0.6) is 5.75 Å². The topological polar surface area (TPSA) is 109 Å². The molecule has 2 bridgehead atoms. The number of benzene rings is 3. The van der Waals surface area contributed by atoms with E-state index in [1.54, 1.807) is 18.2 Å². The third-order valence-corrected chi connectivity index (χ3v) is 12.8. The molecule has 2 saturated carbocycles. The summed E-state index contributed by atoms with van der Waals surface area (Å²) in [6.07, 6.45) is -3.96. The van der Waals surface area contributed by atoms with Crippen molar-refractivity contribution in [3.05, 3.63) is 103 Å². The van der Waals surface area contributed by atoms with Gasteiger partial charge in [0.25, 0.3) is 5.91 Å². The molecular weight excluding hydrogens is 706 g/mol. The van der Waals surface area contributed by atoms with Gasteiger partial charge in [-0.2, -0.15) is 13.2 Å². The first kappa shape index (κ1) is 32.1. The van der Waals surface area contributed by atoms with Gasteiger partial charge in [0.05, 0.1) is 28.1 Å². The number of imide groups is 1. The molecule has 3 heterocycles. The number of thioether (sulfide) groups is 1. The van der Waals surface area contributed by atoms with E-state index in [2.05, 4.69) is 10.3 Å². The van der Waals surface area contributed by atoms with Crippen LogP contribution in [0.15, 0.2) is 76.6 Å². The van der Waals surface area contributed by atoms with E-state index in [1.807, 2.05) is 0 Å². The number of hydrogen-bond donors (Lipinski definition) is 2. The molecule has 3 fully saturated rings. The molecule has 2 aliphatic carbocycles. The molecule has 2 N–H and O–H groups in total. The lowest BCUT2D eigenvalue weighted by Gasteiger charge is -2.43. The van der Waals surface area contributed by atoms with Gasteiger partial charge >= 0.3 is 11.0 Å². The molecule has 4 aliphatic rings. The fourth-order valence-corrected chi connectivity index (χ4v) is 11.3. The Morgan fingerprint density at radius 2 is 1.73 bits per heavy atom. The predicted molar refractivity (Wildman–Crippen MR) is 174 cm³/mol. The SMILES string of the molecule is O=C(COc1ccc(Cl)cc1[C@H]1c2sc(=O)[nH]c2SC2C3CC(C4C(=O)N(c5ccc(F)cc5)C(=O)C34)C21)Nc1cccc(C(F)(F)F)c1. The van der Waals surface area contributed by atoms with Crippen molar-refractivity contribution in [3.63, 3.8) is 0 Å². The zero-order valence-electron chi connectivity index (χ0n) is 25.0. The predicted octanol–water partition coefficient (Wildman–Crippen LogP) is 6.94. The fourth-order valence-electron chi connectivity index (χ4n) is 8.22. The smallest absolute Gasteiger partial charge is 0.416 e. The molecule has 1 saturated heterocycles. The van der Waals surface area contributed by atoms with Crippen LogP contribution in [0.1, 0.15) is 28.3 Å². The number of aromatic amines is 1. The van der Waals surface area contributed by atoms with Crippen LogP contribution in [0.2, 0.25) is 5.02 Å².